The van der Waals surface area contributed by atoms with Crippen LogP contribution in [0.1, 0.15) is 18.9 Å². The molecule has 0 aliphatic rings. The van der Waals surface area contributed by atoms with Gasteiger partial charge in [-0.3, -0.25) is 9.67 Å². The van der Waals surface area contributed by atoms with Gasteiger partial charge < -0.3 is 10.6 Å². The molecular formula is C13H23N5. The van der Waals surface area contributed by atoms with E-state index >= 15 is 0 Å². The van der Waals surface area contributed by atoms with E-state index in [9.17, 15) is 0 Å². The minimum atomic E-state index is 0.726. The predicted octanol–water partition coefficient (Wildman–Crippen LogP) is 1.32. The van der Waals surface area contributed by atoms with Crippen molar-refractivity contribution in [2.24, 2.45) is 4.99 Å². The highest BCUT2D eigenvalue weighted by atomic mass is 15.3. The van der Waals surface area contributed by atoms with Crippen molar-refractivity contribution in [3.8, 4) is 0 Å². The number of rotatable bonds is 7. The molecule has 0 unspecified atom stereocenters. The van der Waals surface area contributed by atoms with Gasteiger partial charge in [0, 0.05) is 32.4 Å². The standard InChI is InChI=1S/C13H23N5/c1-4-7-15-13(14-5-2)16-8-6-9-18-11-12(3)10-17-18/h4,10-11H,1,5-9H2,2-3H3,(H2,14,15,16). The molecule has 0 saturated carbocycles. The summed E-state index contributed by atoms with van der Waals surface area (Å²) in [7, 11) is 0. The largest absolute Gasteiger partial charge is 0.357 e. The summed E-state index contributed by atoms with van der Waals surface area (Å²) in [5, 5.41) is 10.6. The number of hydrogen-bond donors (Lipinski definition) is 2. The topological polar surface area (TPSA) is 54.2 Å². The Kier molecular flexibility index (Phi) is 6.61. The zero-order chi connectivity index (χ0) is 13.2. The highest BCUT2D eigenvalue weighted by Gasteiger charge is 1.96. The van der Waals surface area contributed by atoms with E-state index in [1.807, 2.05) is 30.1 Å². The number of nitrogens with zero attached hydrogens (tertiary/aromatic N) is 3. The predicted molar refractivity (Wildman–Crippen MR) is 75.8 cm³/mol. The summed E-state index contributed by atoms with van der Waals surface area (Å²) in [5.41, 5.74) is 1.19. The third-order valence-electron chi connectivity index (χ3n) is 2.34. The molecule has 18 heavy (non-hydrogen) atoms. The molecular weight excluding hydrogens is 226 g/mol. The molecule has 100 valence electrons. The second-order valence-electron chi connectivity index (χ2n) is 4.06. The molecule has 5 heteroatoms. The maximum Gasteiger partial charge on any atom is 0.191 e. The van der Waals surface area contributed by atoms with Gasteiger partial charge in [-0.15, -0.1) is 6.58 Å². The normalized spacial score (nSPS) is 11.3. The van der Waals surface area contributed by atoms with Crippen LogP contribution in [0.3, 0.4) is 0 Å². The fraction of sp³-hybridized carbons (Fsp3) is 0.538. The van der Waals surface area contributed by atoms with Gasteiger partial charge in [0.1, 0.15) is 0 Å². The first-order valence-electron chi connectivity index (χ1n) is 6.38. The number of aryl methyl sites for hydroxylation is 2. The van der Waals surface area contributed by atoms with Crippen LogP contribution in [0.15, 0.2) is 30.0 Å². The van der Waals surface area contributed by atoms with Crippen LogP contribution in [0.4, 0.5) is 0 Å². The van der Waals surface area contributed by atoms with Gasteiger partial charge in [-0.1, -0.05) is 6.08 Å². The summed E-state index contributed by atoms with van der Waals surface area (Å²) in [6.07, 6.45) is 6.72. The van der Waals surface area contributed by atoms with Crippen LogP contribution in [0.5, 0.6) is 0 Å². The van der Waals surface area contributed by atoms with Crippen LogP contribution >= 0.6 is 0 Å². The van der Waals surface area contributed by atoms with Crippen molar-refractivity contribution in [1.82, 2.24) is 20.4 Å². The first-order chi connectivity index (χ1) is 8.76. The molecule has 1 aromatic heterocycles. The first-order valence-corrected chi connectivity index (χ1v) is 6.38. The zero-order valence-electron chi connectivity index (χ0n) is 11.3. The molecule has 0 aliphatic carbocycles. The minimum Gasteiger partial charge on any atom is -0.357 e. The van der Waals surface area contributed by atoms with E-state index < -0.39 is 0 Å². The monoisotopic (exact) mass is 249 g/mol. The minimum absolute atomic E-state index is 0.726. The third-order valence-corrected chi connectivity index (χ3v) is 2.34. The summed E-state index contributed by atoms with van der Waals surface area (Å²) in [6.45, 7) is 11.0. The van der Waals surface area contributed by atoms with Crippen molar-refractivity contribution in [1.29, 1.82) is 0 Å². The van der Waals surface area contributed by atoms with Gasteiger partial charge in [-0.25, -0.2) is 0 Å². The lowest BCUT2D eigenvalue weighted by Gasteiger charge is -2.09. The van der Waals surface area contributed by atoms with Crippen LogP contribution in [0, 0.1) is 6.92 Å². The summed E-state index contributed by atoms with van der Waals surface area (Å²) in [4.78, 5) is 4.48. The second kappa shape index (κ2) is 8.33. The average molecular weight is 249 g/mol. The Morgan fingerprint density at radius 3 is 3.00 bits per heavy atom. The number of guanidine groups is 1. The van der Waals surface area contributed by atoms with Crippen molar-refractivity contribution < 1.29 is 0 Å². The lowest BCUT2D eigenvalue weighted by molar-refractivity contribution is 0.584. The number of aliphatic imine (C=N–C) groups is 1. The van der Waals surface area contributed by atoms with E-state index in [2.05, 4.69) is 34.2 Å². The van der Waals surface area contributed by atoms with Gasteiger partial charge >= 0.3 is 0 Å². The van der Waals surface area contributed by atoms with E-state index in [-0.39, 0.29) is 0 Å². The molecule has 5 nitrogen and oxygen atoms in total. The molecule has 0 bridgehead atoms. The second-order valence-corrected chi connectivity index (χ2v) is 4.06. The fourth-order valence-electron chi connectivity index (χ4n) is 1.52. The summed E-state index contributed by atoms with van der Waals surface area (Å²) in [6, 6.07) is 0. The van der Waals surface area contributed by atoms with Crippen LogP contribution in [0.2, 0.25) is 0 Å². The molecule has 0 atom stereocenters. The maximum absolute atomic E-state index is 4.48. The van der Waals surface area contributed by atoms with E-state index in [4.69, 9.17) is 0 Å². The van der Waals surface area contributed by atoms with Crippen molar-refractivity contribution in [3.05, 3.63) is 30.6 Å². The lowest BCUT2D eigenvalue weighted by Crippen LogP contribution is -2.37. The first kappa shape index (κ1) is 14.3. The molecule has 1 heterocycles. The summed E-state index contributed by atoms with van der Waals surface area (Å²) >= 11 is 0. The SMILES string of the molecule is C=CCNC(=NCCCn1cc(C)cn1)NCC. The molecule has 1 aromatic rings. The molecule has 0 saturated heterocycles. The smallest absolute Gasteiger partial charge is 0.191 e. The van der Waals surface area contributed by atoms with Gasteiger partial charge in [-0.05, 0) is 25.8 Å². The van der Waals surface area contributed by atoms with Crippen molar-refractivity contribution >= 4 is 5.96 Å². The highest BCUT2D eigenvalue weighted by Crippen LogP contribution is 1.95. The third kappa shape index (κ3) is 5.52. The Balaban J connectivity index is 2.29. The lowest BCUT2D eigenvalue weighted by atomic mass is 10.4. The molecule has 2 N–H and O–H groups in total. The van der Waals surface area contributed by atoms with E-state index in [0.717, 1.165) is 38.6 Å². The van der Waals surface area contributed by atoms with Crippen molar-refractivity contribution in [2.75, 3.05) is 19.6 Å². The molecule has 0 aromatic carbocycles. The van der Waals surface area contributed by atoms with E-state index in [1.54, 1.807) is 0 Å². The Hall–Kier alpha value is -1.78. The molecule has 0 radical (unpaired) electrons. The average Bonchev–Trinajstić information content (AvgIpc) is 2.77. The molecule has 0 aliphatic heterocycles. The Bertz CT molecular complexity index is 380. The van der Waals surface area contributed by atoms with Crippen molar-refractivity contribution in [3.63, 3.8) is 0 Å². The quantitative estimate of drug-likeness (QED) is 0.332. The Morgan fingerprint density at radius 2 is 2.39 bits per heavy atom. The van der Waals surface area contributed by atoms with Gasteiger partial charge in [-0.2, -0.15) is 5.10 Å². The fourth-order valence-corrected chi connectivity index (χ4v) is 1.52. The van der Waals surface area contributed by atoms with Gasteiger partial charge in [0.2, 0.25) is 0 Å². The molecule has 1 rings (SSSR count). The summed E-state index contributed by atoms with van der Waals surface area (Å²) in [5.74, 6) is 0.842. The van der Waals surface area contributed by atoms with Gasteiger partial charge in [0.05, 0.1) is 6.20 Å². The zero-order valence-corrected chi connectivity index (χ0v) is 11.3. The van der Waals surface area contributed by atoms with Crippen molar-refractivity contribution in [2.45, 2.75) is 26.8 Å². The Morgan fingerprint density at radius 1 is 1.56 bits per heavy atom. The number of aromatic nitrogens is 2. The van der Waals surface area contributed by atoms with Gasteiger partial charge in [0.15, 0.2) is 5.96 Å². The summed E-state index contributed by atoms with van der Waals surface area (Å²) < 4.78 is 1.95. The van der Waals surface area contributed by atoms with Crippen LogP contribution in [0.25, 0.3) is 0 Å². The number of nitrogens with one attached hydrogen (secondary N) is 2. The molecule has 0 spiro atoms. The highest BCUT2D eigenvalue weighted by molar-refractivity contribution is 5.79. The Labute approximate surface area is 109 Å². The van der Waals surface area contributed by atoms with Crippen LogP contribution in [-0.2, 0) is 6.54 Å². The number of hydrogen-bond acceptors (Lipinski definition) is 2. The molecule has 0 fully saturated rings. The van der Waals surface area contributed by atoms with E-state index in [1.165, 1.54) is 5.56 Å². The maximum atomic E-state index is 4.48. The van der Waals surface area contributed by atoms with Gasteiger partial charge in [0.25, 0.3) is 0 Å². The van der Waals surface area contributed by atoms with Crippen LogP contribution < -0.4 is 10.6 Å². The van der Waals surface area contributed by atoms with Crippen LogP contribution in [-0.4, -0.2) is 35.4 Å². The molecule has 0 amide bonds. The van der Waals surface area contributed by atoms with E-state index in [0.29, 0.717) is 0 Å².